The first-order valence-corrected chi connectivity index (χ1v) is 7.66. The first-order valence-electron chi connectivity index (χ1n) is 7.66. The Labute approximate surface area is 133 Å². The molecule has 0 spiro atoms. The molecule has 23 heavy (non-hydrogen) atoms. The summed E-state index contributed by atoms with van der Waals surface area (Å²) in [6, 6.07) is 26.9. The first kappa shape index (κ1) is 12.4. The van der Waals surface area contributed by atoms with Gasteiger partial charge in [-0.05, 0) is 28.3 Å². The maximum atomic E-state index is 6.06. The van der Waals surface area contributed by atoms with E-state index < -0.39 is 0 Å². The van der Waals surface area contributed by atoms with Gasteiger partial charge in [-0.3, -0.25) is 0 Å². The predicted octanol–water partition coefficient (Wildman–Crippen LogP) is 5.80. The molecule has 0 bridgehead atoms. The van der Waals surface area contributed by atoms with E-state index >= 15 is 0 Å². The predicted molar refractivity (Wildman–Crippen MR) is 94.5 cm³/mol. The van der Waals surface area contributed by atoms with Crippen LogP contribution >= 0.6 is 0 Å². The van der Waals surface area contributed by atoms with Crippen molar-refractivity contribution in [2.75, 3.05) is 0 Å². The highest BCUT2D eigenvalue weighted by atomic mass is 16.3. The van der Waals surface area contributed by atoms with E-state index in [0.717, 1.165) is 27.4 Å². The Morgan fingerprint density at radius 3 is 2.17 bits per heavy atom. The molecule has 0 radical (unpaired) electrons. The minimum Gasteiger partial charge on any atom is -0.436 e. The highest BCUT2D eigenvalue weighted by Gasteiger charge is 2.12. The van der Waals surface area contributed by atoms with E-state index in [1.807, 2.05) is 36.4 Å². The van der Waals surface area contributed by atoms with Gasteiger partial charge in [-0.2, -0.15) is 0 Å². The van der Waals surface area contributed by atoms with E-state index in [2.05, 4.69) is 42.5 Å². The molecule has 0 saturated carbocycles. The van der Waals surface area contributed by atoms with Crippen LogP contribution in [-0.4, -0.2) is 4.98 Å². The molecule has 0 saturated heterocycles. The standard InChI is InChI=1S/C21H13NO/c1-3-9-16-14(6-1)8-5-11-18(16)21-22-20-17-10-4-2-7-15(17)12-13-19(20)23-21/h1-13H. The molecule has 1 heterocycles. The summed E-state index contributed by atoms with van der Waals surface area (Å²) in [5.41, 5.74) is 2.78. The lowest BCUT2D eigenvalue weighted by Crippen LogP contribution is -1.81. The second kappa shape index (κ2) is 4.68. The Kier molecular flexibility index (Phi) is 2.53. The zero-order chi connectivity index (χ0) is 15.2. The average Bonchev–Trinajstić information content (AvgIpc) is 3.06. The van der Waals surface area contributed by atoms with E-state index in [1.165, 1.54) is 10.8 Å². The summed E-state index contributed by atoms with van der Waals surface area (Å²) in [5.74, 6) is 0.674. The minimum absolute atomic E-state index is 0.674. The lowest BCUT2D eigenvalue weighted by Gasteiger charge is -2.01. The maximum Gasteiger partial charge on any atom is 0.227 e. The summed E-state index contributed by atoms with van der Waals surface area (Å²) in [7, 11) is 0. The Bertz CT molecular complexity index is 1160. The molecule has 2 heteroatoms. The van der Waals surface area contributed by atoms with Gasteiger partial charge in [-0.1, -0.05) is 66.7 Å². The van der Waals surface area contributed by atoms with Crippen LogP contribution in [0.25, 0.3) is 44.1 Å². The normalized spacial score (nSPS) is 11.5. The van der Waals surface area contributed by atoms with Crippen LogP contribution in [0, 0.1) is 0 Å². The molecule has 2 nitrogen and oxygen atoms in total. The Morgan fingerprint density at radius 2 is 1.30 bits per heavy atom. The van der Waals surface area contributed by atoms with E-state index in [1.54, 1.807) is 0 Å². The van der Waals surface area contributed by atoms with Crippen LogP contribution in [-0.2, 0) is 0 Å². The molecule has 0 aliphatic heterocycles. The summed E-state index contributed by atoms with van der Waals surface area (Å²) in [6.45, 7) is 0. The van der Waals surface area contributed by atoms with Crippen molar-refractivity contribution in [3.63, 3.8) is 0 Å². The Balaban J connectivity index is 1.84. The lowest BCUT2D eigenvalue weighted by atomic mass is 10.0. The fraction of sp³-hybridized carbons (Fsp3) is 0. The van der Waals surface area contributed by atoms with E-state index in [-0.39, 0.29) is 0 Å². The number of oxazole rings is 1. The molecule has 1 aromatic heterocycles. The van der Waals surface area contributed by atoms with Crippen LogP contribution in [0.5, 0.6) is 0 Å². The third-order valence-electron chi connectivity index (χ3n) is 4.30. The molecular formula is C21H13NO. The van der Waals surface area contributed by atoms with Crippen molar-refractivity contribution in [2.45, 2.75) is 0 Å². The van der Waals surface area contributed by atoms with Crippen LogP contribution in [0.3, 0.4) is 0 Å². The molecule has 0 N–H and O–H groups in total. The number of rotatable bonds is 1. The van der Waals surface area contributed by atoms with Gasteiger partial charge in [0.25, 0.3) is 0 Å². The molecule has 0 amide bonds. The molecule has 0 atom stereocenters. The molecule has 4 aromatic carbocycles. The van der Waals surface area contributed by atoms with Crippen LogP contribution in [0.1, 0.15) is 0 Å². The topological polar surface area (TPSA) is 26.0 Å². The van der Waals surface area contributed by atoms with Gasteiger partial charge in [0.1, 0.15) is 5.52 Å². The second-order valence-electron chi connectivity index (χ2n) is 5.68. The summed E-state index contributed by atoms with van der Waals surface area (Å²) in [6.07, 6.45) is 0. The van der Waals surface area contributed by atoms with Gasteiger partial charge in [-0.15, -0.1) is 0 Å². The zero-order valence-corrected chi connectivity index (χ0v) is 12.4. The fourth-order valence-corrected chi connectivity index (χ4v) is 3.19. The van der Waals surface area contributed by atoms with Crippen molar-refractivity contribution in [3.8, 4) is 11.5 Å². The minimum atomic E-state index is 0.674. The van der Waals surface area contributed by atoms with Gasteiger partial charge < -0.3 is 4.42 Å². The molecule has 0 aliphatic carbocycles. The number of hydrogen-bond acceptors (Lipinski definition) is 2. The maximum absolute atomic E-state index is 6.06. The van der Waals surface area contributed by atoms with Crippen LogP contribution < -0.4 is 0 Å². The Hall–Kier alpha value is -3.13. The van der Waals surface area contributed by atoms with Crippen molar-refractivity contribution in [1.29, 1.82) is 0 Å². The van der Waals surface area contributed by atoms with Crippen molar-refractivity contribution < 1.29 is 4.42 Å². The summed E-state index contributed by atoms with van der Waals surface area (Å²) < 4.78 is 6.06. The third kappa shape index (κ3) is 1.85. The van der Waals surface area contributed by atoms with Crippen molar-refractivity contribution in [1.82, 2.24) is 4.98 Å². The van der Waals surface area contributed by atoms with Gasteiger partial charge in [0.05, 0.1) is 0 Å². The molecule has 0 unspecified atom stereocenters. The summed E-state index contributed by atoms with van der Waals surface area (Å²) in [4.78, 5) is 4.79. The van der Waals surface area contributed by atoms with E-state index in [9.17, 15) is 0 Å². The largest absolute Gasteiger partial charge is 0.436 e. The molecule has 5 rings (SSSR count). The number of nitrogens with zero attached hydrogens (tertiary/aromatic N) is 1. The summed E-state index contributed by atoms with van der Waals surface area (Å²) >= 11 is 0. The average molecular weight is 295 g/mol. The number of hydrogen-bond donors (Lipinski definition) is 0. The molecule has 0 aliphatic rings. The van der Waals surface area contributed by atoms with Crippen LogP contribution in [0.15, 0.2) is 83.3 Å². The number of benzene rings is 4. The lowest BCUT2D eigenvalue weighted by molar-refractivity contribution is 0.620. The highest BCUT2D eigenvalue weighted by Crippen LogP contribution is 2.33. The smallest absolute Gasteiger partial charge is 0.227 e. The van der Waals surface area contributed by atoms with Crippen molar-refractivity contribution in [3.05, 3.63) is 78.9 Å². The highest BCUT2D eigenvalue weighted by molar-refractivity contribution is 6.05. The third-order valence-corrected chi connectivity index (χ3v) is 4.30. The van der Waals surface area contributed by atoms with Crippen molar-refractivity contribution in [2.24, 2.45) is 0 Å². The second-order valence-corrected chi connectivity index (χ2v) is 5.68. The zero-order valence-electron chi connectivity index (χ0n) is 12.4. The number of fused-ring (bicyclic) bond motifs is 4. The summed E-state index contributed by atoms with van der Waals surface area (Å²) in [5, 5.41) is 4.65. The molecule has 5 aromatic rings. The fourth-order valence-electron chi connectivity index (χ4n) is 3.19. The Morgan fingerprint density at radius 1 is 0.609 bits per heavy atom. The molecule has 0 fully saturated rings. The van der Waals surface area contributed by atoms with Gasteiger partial charge in [0.15, 0.2) is 5.58 Å². The van der Waals surface area contributed by atoms with Gasteiger partial charge >= 0.3 is 0 Å². The van der Waals surface area contributed by atoms with E-state index in [4.69, 9.17) is 9.40 Å². The van der Waals surface area contributed by atoms with E-state index in [0.29, 0.717) is 5.89 Å². The van der Waals surface area contributed by atoms with Crippen LogP contribution in [0.2, 0.25) is 0 Å². The van der Waals surface area contributed by atoms with Crippen LogP contribution in [0.4, 0.5) is 0 Å². The van der Waals surface area contributed by atoms with Crippen molar-refractivity contribution >= 4 is 32.6 Å². The SMILES string of the molecule is c1ccc2c(-c3nc4c(ccc5ccccc54)o3)cccc2c1. The molecular weight excluding hydrogens is 282 g/mol. The quantitative estimate of drug-likeness (QED) is 0.390. The molecule has 108 valence electrons. The monoisotopic (exact) mass is 295 g/mol. The number of aromatic nitrogens is 1. The van der Waals surface area contributed by atoms with Gasteiger partial charge in [0.2, 0.25) is 5.89 Å². The first-order chi connectivity index (χ1) is 11.4. The van der Waals surface area contributed by atoms with Gasteiger partial charge in [0, 0.05) is 10.9 Å². The van der Waals surface area contributed by atoms with Gasteiger partial charge in [-0.25, -0.2) is 4.98 Å².